The Morgan fingerprint density at radius 2 is 2.00 bits per heavy atom. The van der Waals surface area contributed by atoms with Crippen LogP contribution in [0.25, 0.3) is 5.57 Å². The lowest BCUT2D eigenvalue weighted by Gasteiger charge is -2.44. The van der Waals surface area contributed by atoms with Gasteiger partial charge < -0.3 is 26.2 Å². The normalized spacial score (nSPS) is 22.8. The molecule has 2 aliphatic rings. The van der Waals surface area contributed by atoms with E-state index in [2.05, 4.69) is 5.32 Å². The van der Waals surface area contributed by atoms with Gasteiger partial charge in [-0.15, -0.1) is 0 Å². The number of nitrogens with zero attached hydrogens (tertiary/aromatic N) is 1. The van der Waals surface area contributed by atoms with E-state index in [-0.39, 0.29) is 24.2 Å². The van der Waals surface area contributed by atoms with E-state index in [0.29, 0.717) is 18.5 Å². The fourth-order valence-electron chi connectivity index (χ4n) is 3.68. The zero-order valence-electron chi connectivity index (χ0n) is 14.3. The fraction of sp³-hybridized carbons (Fsp3) is 0.389. The molecule has 2 heterocycles. The third-order valence-electron chi connectivity index (χ3n) is 4.86. The van der Waals surface area contributed by atoms with Gasteiger partial charge in [-0.25, -0.2) is 4.79 Å². The highest BCUT2D eigenvalue weighted by molar-refractivity contribution is 6.06. The number of β-lactam (4-membered cyclic amide) rings is 1. The number of hydrogen-bond donors (Lipinski definition) is 4. The number of aliphatic hydroxyl groups excluding tert-OH is 1. The molecule has 0 spiro atoms. The Morgan fingerprint density at radius 1 is 1.35 bits per heavy atom. The Bertz CT molecular complexity index is 785. The highest BCUT2D eigenvalue weighted by Crippen LogP contribution is 2.46. The van der Waals surface area contributed by atoms with Crippen LogP contribution in [-0.4, -0.2) is 51.6 Å². The van der Waals surface area contributed by atoms with Gasteiger partial charge in [-0.05, 0) is 30.0 Å². The Labute approximate surface area is 150 Å². The van der Waals surface area contributed by atoms with Crippen molar-refractivity contribution >= 4 is 23.4 Å². The average molecular weight is 359 g/mol. The first kappa shape index (κ1) is 18.1. The van der Waals surface area contributed by atoms with E-state index in [4.69, 9.17) is 5.73 Å². The predicted molar refractivity (Wildman–Crippen MR) is 92.3 cm³/mol. The number of primary amides is 1. The monoisotopic (exact) mass is 359 g/mol. The number of carboxylic acid groups (broad SMARTS) is 1. The summed E-state index contributed by atoms with van der Waals surface area (Å²) < 4.78 is 0. The summed E-state index contributed by atoms with van der Waals surface area (Å²) in [6.45, 7) is 2.09. The maximum absolute atomic E-state index is 12.2. The van der Waals surface area contributed by atoms with Crippen LogP contribution in [0, 0.1) is 5.92 Å². The summed E-state index contributed by atoms with van der Waals surface area (Å²) in [6, 6.07) is 6.96. The van der Waals surface area contributed by atoms with Crippen molar-refractivity contribution in [2.45, 2.75) is 32.0 Å². The Kier molecular flexibility index (Phi) is 4.80. The molecular formula is C18H21N3O5. The van der Waals surface area contributed by atoms with Crippen LogP contribution in [0.3, 0.4) is 0 Å². The first-order chi connectivity index (χ1) is 12.3. The first-order valence-electron chi connectivity index (χ1n) is 8.37. The lowest BCUT2D eigenvalue weighted by atomic mass is 9.82. The second-order valence-corrected chi connectivity index (χ2v) is 6.65. The maximum Gasteiger partial charge on any atom is 0.352 e. The molecule has 0 unspecified atom stereocenters. The molecule has 3 atom stereocenters. The second-order valence-electron chi connectivity index (χ2n) is 6.65. The summed E-state index contributed by atoms with van der Waals surface area (Å²) in [5.74, 6) is -2.48. The van der Waals surface area contributed by atoms with E-state index < -0.39 is 23.9 Å². The number of carboxylic acids is 1. The summed E-state index contributed by atoms with van der Waals surface area (Å²) in [5.41, 5.74) is 7.31. The van der Waals surface area contributed by atoms with Crippen LogP contribution in [0.2, 0.25) is 0 Å². The zero-order valence-corrected chi connectivity index (χ0v) is 14.3. The summed E-state index contributed by atoms with van der Waals surface area (Å²) in [4.78, 5) is 36.0. The molecule has 0 saturated carbocycles. The molecule has 1 fully saturated rings. The SMILES string of the molecule is C[C@@H](O)[C@H]1C(=O)N2C(C(=O)O)=C(c3ccc(CNCC(N)=O)cc3)C[C@H]12. The molecule has 2 amide bonds. The quantitative estimate of drug-likeness (QED) is 0.493. The average Bonchev–Trinajstić information content (AvgIpc) is 2.90. The molecule has 2 aliphatic heterocycles. The highest BCUT2D eigenvalue weighted by Gasteiger charge is 2.56. The minimum Gasteiger partial charge on any atom is -0.477 e. The number of fused-ring (bicyclic) bond motifs is 1. The molecule has 3 rings (SSSR count). The van der Waals surface area contributed by atoms with Gasteiger partial charge in [0.25, 0.3) is 0 Å². The molecule has 1 aromatic carbocycles. The van der Waals surface area contributed by atoms with E-state index in [1.165, 1.54) is 4.90 Å². The lowest BCUT2D eigenvalue weighted by Crippen LogP contribution is -2.61. The van der Waals surface area contributed by atoms with Crippen LogP contribution < -0.4 is 11.1 Å². The fourth-order valence-corrected chi connectivity index (χ4v) is 3.68. The predicted octanol–water partition coefficient (Wildman–Crippen LogP) is -0.331. The topological polar surface area (TPSA) is 133 Å². The van der Waals surface area contributed by atoms with Crippen LogP contribution in [0.5, 0.6) is 0 Å². The van der Waals surface area contributed by atoms with E-state index in [1.807, 2.05) is 12.1 Å². The maximum atomic E-state index is 12.2. The van der Waals surface area contributed by atoms with Gasteiger partial charge in [0, 0.05) is 6.54 Å². The Balaban J connectivity index is 1.81. The lowest BCUT2D eigenvalue weighted by molar-refractivity contribution is -0.161. The van der Waals surface area contributed by atoms with Crippen molar-refractivity contribution in [2.75, 3.05) is 6.54 Å². The molecule has 26 heavy (non-hydrogen) atoms. The van der Waals surface area contributed by atoms with Crippen molar-refractivity contribution in [3.8, 4) is 0 Å². The summed E-state index contributed by atoms with van der Waals surface area (Å²) >= 11 is 0. The molecular weight excluding hydrogens is 338 g/mol. The van der Waals surface area contributed by atoms with Gasteiger partial charge in [0.1, 0.15) is 5.70 Å². The number of hydrogen-bond acceptors (Lipinski definition) is 5. The standard InChI is InChI=1S/C18H21N3O5/c1-9(22)15-13-6-12(16(18(25)26)21(13)17(15)24)11-4-2-10(3-5-11)7-20-8-14(19)23/h2-5,9,13,15,20,22H,6-8H2,1H3,(H2,19,23)(H,25,26)/t9-,13-,15-/m1/s1. The molecule has 0 radical (unpaired) electrons. The van der Waals surface area contributed by atoms with Gasteiger partial charge in [-0.2, -0.15) is 0 Å². The van der Waals surface area contributed by atoms with E-state index >= 15 is 0 Å². The first-order valence-corrected chi connectivity index (χ1v) is 8.37. The number of nitrogens with two attached hydrogens (primary N) is 1. The van der Waals surface area contributed by atoms with Gasteiger partial charge in [0.05, 0.1) is 24.6 Å². The van der Waals surface area contributed by atoms with Crippen molar-refractivity contribution in [3.63, 3.8) is 0 Å². The summed E-state index contributed by atoms with van der Waals surface area (Å²) in [5, 5.41) is 22.2. The summed E-state index contributed by atoms with van der Waals surface area (Å²) in [6.07, 6.45) is -0.403. The molecule has 8 nitrogen and oxygen atoms in total. The van der Waals surface area contributed by atoms with Crippen molar-refractivity contribution < 1.29 is 24.6 Å². The van der Waals surface area contributed by atoms with Crippen molar-refractivity contribution in [3.05, 3.63) is 41.1 Å². The van der Waals surface area contributed by atoms with Crippen LogP contribution in [0.15, 0.2) is 30.0 Å². The molecule has 5 N–H and O–H groups in total. The van der Waals surface area contributed by atoms with Crippen LogP contribution in [0.4, 0.5) is 0 Å². The van der Waals surface area contributed by atoms with E-state index in [1.54, 1.807) is 19.1 Å². The largest absolute Gasteiger partial charge is 0.477 e. The van der Waals surface area contributed by atoms with Gasteiger partial charge in [-0.1, -0.05) is 24.3 Å². The van der Waals surface area contributed by atoms with Crippen molar-refractivity contribution in [1.29, 1.82) is 0 Å². The molecule has 138 valence electrons. The number of carbonyl (C=O) groups excluding carboxylic acids is 2. The van der Waals surface area contributed by atoms with Gasteiger partial charge in [-0.3, -0.25) is 9.59 Å². The number of aliphatic hydroxyl groups is 1. The molecule has 0 bridgehead atoms. The molecule has 0 aromatic heterocycles. The second kappa shape index (κ2) is 6.89. The zero-order chi connectivity index (χ0) is 19.0. The van der Waals surface area contributed by atoms with Crippen molar-refractivity contribution in [1.82, 2.24) is 10.2 Å². The third-order valence-corrected chi connectivity index (χ3v) is 4.86. The number of rotatable bonds is 7. The summed E-state index contributed by atoms with van der Waals surface area (Å²) in [7, 11) is 0. The van der Waals surface area contributed by atoms with Crippen molar-refractivity contribution in [2.24, 2.45) is 11.7 Å². The number of nitrogens with one attached hydrogen (secondary N) is 1. The molecule has 0 aliphatic carbocycles. The number of benzene rings is 1. The minimum absolute atomic E-state index is 0.00324. The molecule has 1 aromatic rings. The van der Waals surface area contributed by atoms with Gasteiger partial charge >= 0.3 is 5.97 Å². The van der Waals surface area contributed by atoms with Gasteiger partial charge in [0.15, 0.2) is 0 Å². The number of carbonyl (C=O) groups is 3. The van der Waals surface area contributed by atoms with E-state index in [0.717, 1.165) is 11.1 Å². The smallest absolute Gasteiger partial charge is 0.352 e. The Morgan fingerprint density at radius 3 is 2.54 bits per heavy atom. The Hall–Kier alpha value is -2.71. The molecule has 8 heteroatoms. The van der Waals surface area contributed by atoms with Crippen LogP contribution in [0.1, 0.15) is 24.5 Å². The third kappa shape index (κ3) is 3.09. The molecule has 1 saturated heterocycles. The van der Waals surface area contributed by atoms with Crippen LogP contribution in [-0.2, 0) is 20.9 Å². The number of amides is 2. The van der Waals surface area contributed by atoms with E-state index in [9.17, 15) is 24.6 Å². The minimum atomic E-state index is -1.15. The van der Waals surface area contributed by atoms with Crippen LogP contribution >= 0.6 is 0 Å². The number of aliphatic carboxylic acids is 1. The van der Waals surface area contributed by atoms with Gasteiger partial charge in [0.2, 0.25) is 11.8 Å². The highest BCUT2D eigenvalue weighted by atomic mass is 16.4.